The molecule has 94 valence electrons. The number of nitrogens with zero attached hydrogens (tertiary/aromatic N) is 1. The van der Waals surface area contributed by atoms with E-state index in [9.17, 15) is 13.2 Å². The van der Waals surface area contributed by atoms with Crippen molar-refractivity contribution in [3.63, 3.8) is 0 Å². The van der Waals surface area contributed by atoms with E-state index < -0.39 is 21.1 Å². The predicted octanol–water partition coefficient (Wildman–Crippen LogP) is 1.32. The van der Waals surface area contributed by atoms with Gasteiger partial charge in [0.1, 0.15) is 5.25 Å². The maximum atomic E-state index is 11.8. The van der Waals surface area contributed by atoms with Gasteiger partial charge in [0.25, 0.3) is 0 Å². The lowest BCUT2D eigenvalue weighted by Gasteiger charge is -2.18. The fourth-order valence-corrected chi connectivity index (χ4v) is 3.81. The summed E-state index contributed by atoms with van der Waals surface area (Å²) in [4.78, 5) is 14.7. The van der Waals surface area contributed by atoms with E-state index in [-0.39, 0.29) is 23.1 Å². The number of hydrogen-bond acceptors (Lipinski definition) is 5. The topological polar surface area (TPSA) is 97.5 Å². The highest BCUT2D eigenvalue weighted by atomic mass is 32.2. The van der Waals surface area contributed by atoms with Gasteiger partial charge in [0, 0.05) is 0 Å². The zero-order valence-corrected chi connectivity index (χ0v) is 10.2. The van der Waals surface area contributed by atoms with Crippen molar-refractivity contribution in [3.05, 3.63) is 17.3 Å². The molecule has 1 N–H and O–H groups in total. The number of carbonyl (C=O) groups is 1. The smallest absolute Gasteiger partial charge is 0.373 e. The number of carboxylic acid groups (broad SMARTS) is 1. The van der Waals surface area contributed by atoms with E-state index in [1.165, 1.54) is 6.92 Å². The van der Waals surface area contributed by atoms with E-state index in [0.29, 0.717) is 12.8 Å². The molecule has 1 aliphatic heterocycles. The van der Waals surface area contributed by atoms with Gasteiger partial charge in [-0.05, 0) is 19.8 Å². The fourth-order valence-electron chi connectivity index (χ4n) is 1.99. The summed E-state index contributed by atoms with van der Waals surface area (Å²) in [6.45, 7) is 1.49. The number of aryl methyl sites for hydroxylation is 1. The number of rotatable bonds is 2. The Morgan fingerprint density at radius 1 is 1.47 bits per heavy atom. The highest BCUT2D eigenvalue weighted by molar-refractivity contribution is 7.91. The van der Waals surface area contributed by atoms with Crippen molar-refractivity contribution in [3.8, 4) is 0 Å². The zero-order chi connectivity index (χ0) is 12.6. The molecule has 1 aliphatic rings. The largest absolute Gasteiger partial charge is 0.475 e. The number of aromatic carboxylic acids is 1. The lowest BCUT2D eigenvalue weighted by Crippen LogP contribution is -2.21. The molecular weight excluding hydrogens is 246 g/mol. The maximum Gasteiger partial charge on any atom is 0.373 e. The lowest BCUT2D eigenvalue weighted by molar-refractivity contribution is 0.0659. The average Bonchev–Trinajstić information content (AvgIpc) is 2.59. The first-order chi connectivity index (χ1) is 7.92. The lowest BCUT2D eigenvalue weighted by atomic mass is 10.2. The van der Waals surface area contributed by atoms with Crippen molar-refractivity contribution < 1.29 is 22.7 Å². The van der Waals surface area contributed by atoms with Gasteiger partial charge in [-0.2, -0.15) is 0 Å². The minimum Gasteiger partial charge on any atom is -0.475 e. The van der Waals surface area contributed by atoms with Gasteiger partial charge >= 0.3 is 5.97 Å². The van der Waals surface area contributed by atoms with Crippen LogP contribution >= 0.6 is 0 Å². The van der Waals surface area contributed by atoms with Crippen molar-refractivity contribution in [1.29, 1.82) is 0 Å². The van der Waals surface area contributed by atoms with Crippen molar-refractivity contribution in [1.82, 2.24) is 4.98 Å². The minimum absolute atomic E-state index is 0.0135. The average molecular weight is 259 g/mol. The summed E-state index contributed by atoms with van der Waals surface area (Å²) in [5.41, 5.74) is 0.216. The maximum absolute atomic E-state index is 11.8. The van der Waals surface area contributed by atoms with Crippen molar-refractivity contribution in [2.75, 3.05) is 5.75 Å². The second-order valence-electron chi connectivity index (χ2n) is 4.12. The Bertz CT molecular complexity index is 545. The second-order valence-corrected chi connectivity index (χ2v) is 6.43. The van der Waals surface area contributed by atoms with Gasteiger partial charge < -0.3 is 9.52 Å². The van der Waals surface area contributed by atoms with Crippen LogP contribution in [0.1, 0.15) is 46.7 Å². The normalized spacial score (nSPS) is 23.5. The molecule has 1 atom stereocenters. The Hall–Kier alpha value is -1.37. The van der Waals surface area contributed by atoms with Crippen LogP contribution < -0.4 is 0 Å². The predicted molar refractivity (Wildman–Crippen MR) is 58.6 cm³/mol. The van der Waals surface area contributed by atoms with Crippen LogP contribution in [-0.2, 0) is 9.84 Å². The van der Waals surface area contributed by atoms with E-state index in [1.54, 1.807) is 0 Å². The highest BCUT2D eigenvalue weighted by Crippen LogP contribution is 2.33. The quantitative estimate of drug-likeness (QED) is 0.860. The van der Waals surface area contributed by atoms with Crippen molar-refractivity contribution >= 4 is 15.8 Å². The van der Waals surface area contributed by atoms with E-state index in [1.807, 2.05) is 0 Å². The molecular formula is C10H13NO5S. The molecule has 6 nitrogen and oxygen atoms in total. The first kappa shape index (κ1) is 12.1. The Morgan fingerprint density at radius 3 is 2.71 bits per heavy atom. The van der Waals surface area contributed by atoms with Gasteiger partial charge in [-0.1, -0.05) is 6.42 Å². The monoisotopic (exact) mass is 259 g/mol. The van der Waals surface area contributed by atoms with Gasteiger partial charge in [0.15, 0.2) is 9.84 Å². The van der Waals surface area contributed by atoms with E-state index >= 15 is 0 Å². The van der Waals surface area contributed by atoms with Crippen LogP contribution in [-0.4, -0.2) is 30.2 Å². The van der Waals surface area contributed by atoms with Crippen molar-refractivity contribution in [2.24, 2.45) is 0 Å². The molecule has 0 radical (unpaired) electrons. The summed E-state index contributed by atoms with van der Waals surface area (Å²) in [5.74, 6) is -1.38. The molecule has 17 heavy (non-hydrogen) atoms. The molecule has 7 heteroatoms. The third kappa shape index (κ3) is 2.19. The van der Waals surface area contributed by atoms with Crippen LogP contribution in [0, 0.1) is 6.92 Å². The molecule has 0 aliphatic carbocycles. The SMILES string of the molecule is Cc1nc(C2CCCCS2(=O)=O)oc1C(=O)O. The highest BCUT2D eigenvalue weighted by Gasteiger charge is 2.35. The molecule has 2 rings (SSSR count). The molecule has 0 spiro atoms. The number of carboxylic acids is 1. The molecule has 0 saturated carbocycles. The molecule has 0 aromatic carbocycles. The molecule has 0 bridgehead atoms. The Kier molecular flexibility index (Phi) is 2.94. The third-order valence-corrected chi connectivity index (χ3v) is 5.02. The van der Waals surface area contributed by atoms with E-state index in [2.05, 4.69) is 4.98 Å². The Balaban J connectivity index is 2.40. The summed E-state index contributed by atoms with van der Waals surface area (Å²) in [6.07, 6.45) is 1.87. The van der Waals surface area contributed by atoms with Crippen molar-refractivity contribution in [2.45, 2.75) is 31.4 Å². The van der Waals surface area contributed by atoms with Gasteiger partial charge in [-0.3, -0.25) is 0 Å². The van der Waals surface area contributed by atoms with Gasteiger partial charge in [0.2, 0.25) is 11.7 Å². The van der Waals surface area contributed by atoms with Gasteiger partial charge in [-0.25, -0.2) is 18.2 Å². The third-order valence-electron chi connectivity index (χ3n) is 2.86. The summed E-state index contributed by atoms with van der Waals surface area (Å²) in [6, 6.07) is 0. The number of sulfone groups is 1. The molecule has 1 aromatic rings. The Morgan fingerprint density at radius 2 is 2.18 bits per heavy atom. The molecule has 1 aromatic heterocycles. The first-order valence-electron chi connectivity index (χ1n) is 5.34. The molecule has 2 heterocycles. The molecule has 1 fully saturated rings. The molecule has 0 amide bonds. The number of aromatic nitrogens is 1. The van der Waals surface area contributed by atoms with E-state index in [0.717, 1.165) is 6.42 Å². The van der Waals surface area contributed by atoms with Crippen LogP contribution in [0.2, 0.25) is 0 Å². The molecule has 1 saturated heterocycles. The molecule has 1 unspecified atom stereocenters. The van der Waals surface area contributed by atoms with Crippen LogP contribution in [0.25, 0.3) is 0 Å². The number of oxazole rings is 1. The standard InChI is InChI=1S/C10H13NO5S/c1-6-8(10(12)13)16-9(11-6)7-4-2-3-5-17(7,14)15/h7H,2-5H2,1H3,(H,12,13). The van der Waals surface area contributed by atoms with Gasteiger partial charge in [0.05, 0.1) is 11.4 Å². The fraction of sp³-hybridized carbons (Fsp3) is 0.600. The van der Waals surface area contributed by atoms with E-state index in [4.69, 9.17) is 9.52 Å². The summed E-state index contributed by atoms with van der Waals surface area (Å²) in [7, 11) is -3.25. The number of hydrogen-bond donors (Lipinski definition) is 1. The van der Waals surface area contributed by atoms with Crippen LogP contribution in [0.3, 0.4) is 0 Å². The van der Waals surface area contributed by atoms with Crippen LogP contribution in [0.5, 0.6) is 0 Å². The summed E-state index contributed by atoms with van der Waals surface area (Å²) in [5, 5.41) is 8.04. The van der Waals surface area contributed by atoms with Crippen LogP contribution in [0.15, 0.2) is 4.42 Å². The summed E-state index contributed by atoms with van der Waals surface area (Å²) >= 11 is 0. The summed E-state index contributed by atoms with van der Waals surface area (Å²) < 4.78 is 28.7. The Labute approximate surface area is 98.6 Å². The van der Waals surface area contributed by atoms with Gasteiger partial charge in [-0.15, -0.1) is 0 Å². The zero-order valence-electron chi connectivity index (χ0n) is 9.34. The second kappa shape index (κ2) is 4.14. The first-order valence-corrected chi connectivity index (χ1v) is 7.05. The minimum atomic E-state index is -3.25. The van der Waals surface area contributed by atoms with Crippen LogP contribution in [0.4, 0.5) is 0 Å².